The van der Waals surface area contributed by atoms with Crippen LogP contribution in [0.3, 0.4) is 0 Å². The molecule has 0 unspecified atom stereocenters. The minimum absolute atomic E-state index is 0.327. The molecule has 3 aromatic rings. The highest BCUT2D eigenvalue weighted by Crippen LogP contribution is 2.22. The van der Waals surface area contributed by atoms with E-state index in [-0.39, 0.29) is 5.82 Å². The van der Waals surface area contributed by atoms with Gasteiger partial charge >= 0.3 is 0 Å². The summed E-state index contributed by atoms with van der Waals surface area (Å²) < 4.78 is 45.4. The first-order valence-electron chi connectivity index (χ1n) is 9.74. The molecule has 0 N–H and O–H groups in total. The topological polar surface area (TPSA) is 75.6 Å². The average molecular weight is 441 g/mol. The van der Waals surface area contributed by atoms with E-state index >= 15 is 0 Å². The van der Waals surface area contributed by atoms with E-state index in [0.29, 0.717) is 43.8 Å². The maximum Gasteiger partial charge on any atom is 0.236 e. The molecule has 160 valence electrons. The van der Waals surface area contributed by atoms with Gasteiger partial charge in [-0.2, -0.15) is 9.29 Å². The number of ether oxygens (including phenoxy) is 1. The van der Waals surface area contributed by atoms with Gasteiger partial charge in [0.2, 0.25) is 21.9 Å². The van der Waals surface area contributed by atoms with Gasteiger partial charge in [-0.15, -0.1) is 0 Å². The summed E-state index contributed by atoms with van der Waals surface area (Å²) in [7, 11) is -3.51. The predicted molar refractivity (Wildman–Crippen MR) is 117 cm³/mol. The zero-order chi connectivity index (χ0) is 21.7. The molecule has 0 radical (unpaired) electrons. The summed E-state index contributed by atoms with van der Waals surface area (Å²) in [4.78, 5) is 10.6. The SMILES string of the molecule is O=S(=O)(/C=C/c1ccccc1)N1CCN(c2nccc(Oc3ccc(F)cc3)n2)CC1. The molecule has 4 rings (SSSR count). The molecule has 7 nitrogen and oxygen atoms in total. The van der Waals surface area contributed by atoms with Crippen LogP contribution in [-0.4, -0.2) is 48.9 Å². The fraction of sp³-hybridized carbons (Fsp3) is 0.182. The van der Waals surface area contributed by atoms with Crippen LogP contribution in [0.2, 0.25) is 0 Å². The normalized spacial score (nSPS) is 15.3. The molecule has 1 saturated heterocycles. The van der Waals surface area contributed by atoms with Crippen LogP contribution < -0.4 is 9.64 Å². The molecule has 2 aromatic carbocycles. The number of hydrogen-bond donors (Lipinski definition) is 0. The smallest absolute Gasteiger partial charge is 0.236 e. The van der Waals surface area contributed by atoms with Gasteiger partial charge in [0.25, 0.3) is 0 Å². The highest BCUT2D eigenvalue weighted by atomic mass is 32.2. The van der Waals surface area contributed by atoms with Crippen molar-refractivity contribution in [3.8, 4) is 11.6 Å². The molecule has 2 heterocycles. The second-order valence-electron chi connectivity index (χ2n) is 6.90. The van der Waals surface area contributed by atoms with Crippen molar-refractivity contribution in [1.82, 2.24) is 14.3 Å². The van der Waals surface area contributed by atoms with Crippen LogP contribution in [0.4, 0.5) is 10.3 Å². The van der Waals surface area contributed by atoms with Crippen LogP contribution in [0.5, 0.6) is 11.6 Å². The Kier molecular flexibility index (Phi) is 6.24. The lowest BCUT2D eigenvalue weighted by atomic mass is 10.2. The van der Waals surface area contributed by atoms with Crippen LogP contribution >= 0.6 is 0 Å². The summed E-state index contributed by atoms with van der Waals surface area (Å²) in [6, 6.07) is 16.6. The zero-order valence-electron chi connectivity index (χ0n) is 16.6. The third-order valence-corrected chi connectivity index (χ3v) is 6.33. The number of nitrogens with zero attached hydrogens (tertiary/aromatic N) is 4. The number of hydrogen-bond acceptors (Lipinski definition) is 6. The van der Waals surface area contributed by atoms with Crippen LogP contribution in [0.1, 0.15) is 5.56 Å². The Bertz CT molecular complexity index is 1150. The summed E-state index contributed by atoms with van der Waals surface area (Å²) in [5.41, 5.74) is 0.830. The molecule has 1 aliphatic rings. The predicted octanol–water partition coefficient (Wildman–Crippen LogP) is 3.53. The summed E-state index contributed by atoms with van der Waals surface area (Å²) >= 11 is 0. The molecule has 1 fully saturated rings. The molecule has 0 spiro atoms. The maximum absolute atomic E-state index is 13.0. The molecule has 0 atom stereocenters. The molecule has 1 aromatic heterocycles. The van der Waals surface area contributed by atoms with Crippen molar-refractivity contribution < 1.29 is 17.5 Å². The van der Waals surface area contributed by atoms with Gasteiger partial charge in [0.05, 0.1) is 0 Å². The van der Waals surface area contributed by atoms with Crippen molar-refractivity contribution in [2.24, 2.45) is 0 Å². The van der Waals surface area contributed by atoms with Gasteiger partial charge in [-0.3, -0.25) is 0 Å². The van der Waals surface area contributed by atoms with E-state index in [4.69, 9.17) is 4.74 Å². The van der Waals surface area contributed by atoms with Crippen molar-refractivity contribution in [2.45, 2.75) is 0 Å². The monoisotopic (exact) mass is 440 g/mol. The average Bonchev–Trinajstić information content (AvgIpc) is 2.80. The van der Waals surface area contributed by atoms with Crippen LogP contribution in [0.15, 0.2) is 72.3 Å². The number of halogens is 1. The largest absolute Gasteiger partial charge is 0.439 e. The summed E-state index contributed by atoms with van der Waals surface area (Å²) in [6.07, 6.45) is 3.17. The first kappa shape index (κ1) is 21.0. The van der Waals surface area contributed by atoms with Crippen LogP contribution in [-0.2, 0) is 10.0 Å². The summed E-state index contributed by atoms with van der Waals surface area (Å²) in [5.74, 6) is 0.906. The van der Waals surface area contributed by atoms with Gasteiger partial charge in [-0.1, -0.05) is 30.3 Å². The first-order valence-corrected chi connectivity index (χ1v) is 11.2. The number of benzene rings is 2. The number of anilines is 1. The Labute approximate surface area is 180 Å². The standard InChI is InChI=1S/C22H21FN4O3S/c23-19-6-8-20(9-7-19)30-21-10-12-24-22(25-21)26-13-15-27(16-14-26)31(28,29)17-11-18-4-2-1-3-5-18/h1-12,17H,13-16H2/b17-11+. The first-order chi connectivity index (χ1) is 15.0. The summed E-state index contributed by atoms with van der Waals surface area (Å²) in [5, 5.41) is 1.24. The number of sulfonamides is 1. The van der Waals surface area contributed by atoms with E-state index in [1.165, 1.54) is 34.0 Å². The van der Waals surface area contributed by atoms with E-state index < -0.39 is 10.0 Å². The Morgan fingerprint density at radius 2 is 1.65 bits per heavy atom. The third-order valence-electron chi connectivity index (χ3n) is 4.77. The van der Waals surface area contributed by atoms with Gasteiger partial charge < -0.3 is 9.64 Å². The van der Waals surface area contributed by atoms with E-state index in [2.05, 4.69) is 9.97 Å². The molecule has 0 saturated carbocycles. The lowest BCUT2D eigenvalue weighted by Gasteiger charge is -2.33. The second-order valence-corrected chi connectivity index (χ2v) is 8.71. The molecular weight excluding hydrogens is 419 g/mol. The van der Waals surface area contributed by atoms with Crippen molar-refractivity contribution in [2.75, 3.05) is 31.1 Å². The molecule has 0 bridgehead atoms. The fourth-order valence-corrected chi connectivity index (χ4v) is 4.30. The quantitative estimate of drug-likeness (QED) is 0.584. The van der Waals surface area contributed by atoms with Gasteiger partial charge in [0, 0.05) is 43.9 Å². The Hall–Kier alpha value is -3.30. The molecule has 9 heteroatoms. The fourth-order valence-electron chi connectivity index (χ4n) is 3.12. The van der Waals surface area contributed by atoms with E-state index in [9.17, 15) is 12.8 Å². The number of aromatic nitrogens is 2. The highest BCUT2D eigenvalue weighted by Gasteiger charge is 2.26. The van der Waals surface area contributed by atoms with Crippen LogP contribution in [0, 0.1) is 5.82 Å². The zero-order valence-corrected chi connectivity index (χ0v) is 17.5. The third kappa shape index (κ3) is 5.44. The summed E-state index contributed by atoms with van der Waals surface area (Å²) in [6.45, 7) is 1.57. The van der Waals surface area contributed by atoms with Gasteiger partial charge in [0.1, 0.15) is 11.6 Å². The van der Waals surface area contributed by atoms with Crippen molar-refractivity contribution in [1.29, 1.82) is 0 Å². The lowest BCUT2D eigenvalue weighted by Crippen LogP contribution is -2.48. The van der Waals surface area contributed by atoms with Crippen LogP contribution in [0.25, 0.3) is 6.08 Å². The van der Waals surface area contributed by atoms with Crippen molar-refractivity contribution in [3.63, 3.8) is 0 Å². The Balaban J connectivity index is 1.38. The van der Waals surface area contributed by atoms with Gasteiger partial charge in [0.15, 0.2) is 0 Å². The van der Waals surface area contributed by atoms with Crippen molar-refractivity contribution >= 4 is 22.0 Å². The molecule has 31 heavy (non-hydrogen) atoms. The molecule has 1 aliphatic heterocycles. The maximum atomic E-state index is 13.0. The minimum Gasteiger partial charge on any atom is -0.439 e. The highest BCUT2D eigenvalue weighted by molar-refractivity contribution is 7.92. The minimum atomic E-state index is -3.51. The number of piperazine rings is 1. The number of rotatable bonds is 6. The van der Waals surface area contributed by atoms with Gasteiger partial charge in [-0.25, -0.2) is 17.8 Å². The Morgan fingerprint density at radius 3 is 2.35 bits per heavy atom. The van der Waals surface area contributed by atoms with Gasteiger partial charge in [-0.05, 0) is 35.9 Å². The van der Waals surface area contributed by atoms with E-state index in [0.717, 1.165) is 5.56 Å². The van der Waals surface area contributed by atoms with E-state index in [1.54, 1.807) is 18.3 Å². The lowest BCUT2D eigenvalue weighted by molar-refractivity contribution is 0.386. The molecular formula is C22H21FN4O3S. The van der Waals surface area contributed by atoms with E-state index in [1.807, 2.05) is 35.2 Å². The van der Waals surface area contributed by atoms with Crippen molar-refractivity contribution in [3.05, 3.63) is 83.6 Å². The Morgan fingerprint density at radius 1 is 0.935 bits per heavy atom. The second kappa shape index (κ2) is 9.23. The molecule has 0 aliphatic carbocycles. The molecule has 0 amide bonds.